The number of nitrogens with one attached hydrogen (secondary N) is 1. The van der Waals surface area contributed by atoms with Gasteiger partial charge in [0, 0.05) is 17.7 Å². The predicted molar refractivity (Wildman–Crippen MR) is 126 cm³/mol. The Morgan fingerprint density at radius 2 is 1.76 bits per heavy atom. The van der Waals surface area contributed by atoms with Crippen molar-refractivity contribution in [1.82, 2.24) is 14.8 Å². The fourth-order valence-electron chi connectivity index (χ4n) is 4.81. The molecule has 8 nitrogen and oxygen atoms in total. The highest BCUT2D eigenvalue weighted by molar-refractivity contribution is 6.00. The first kappa shape index (κ1) is 21.1. The maximum absolute atomic E-state index is 13.6. The number of nitrogens with zero attached hydrogens (tertiary/aromatic N) is 3. The molecule has 1 aliphatic heterocycles. The number of carbonyl (C=O) groups excluding carboxylic acids is 1. The van der Waals surface area contributed by atoms with Gasteiger partial charge in [-0.05, 0) is 60.6 Å². The van der Waals surface area contributed by atoms with Crippen molar-refractivity contribution in [3.63, 3.8) is 0 Å². The molecule has 0 amide bonds. The van der Waals surface area contributed by atoms with Gasteiger partial charge in [0.25, 0.3) is 0 Å². The zero-order valence-electron chi connectivity index (χ0n) is 19.2. The number of allylic oxidation sites excluding steroid dienone is 2. The van der Waals surface area contributed by atoms with Crippen LogP contribution in [0.15, 0.2) is 47.7 Å². The second-order valence-electron chi connectivity index (χ2n) is 8.64. The lowest BCUT2D eigenvalue weighted by Crippen LogP contribution is -2.33. The number of carbonyl (C=O) groups is 1. The van der Waals surface area contributed by atoms with E-state index in [2.05, 4.69) is 47.4 Å². The Kier molecular flexibility index (Phi) is 5.08. The summed E-state index contributed by atoms with van der Waals surface area (Å²) in [7, 11) is 3.22. The number of rotatable bonds is 4. The number of hydrogen-bond donors (Lipinski definition) is 2. The van der Waals surface area contributed by atoms with Crippen molar-refractivity contribution in [2.75, 3.05) is 25.3 Å². The molecule has 0 saturated carbocycles. The molecule has 0 radical (unpaired) electrons. The van der Waals surface area contributed by atoms with Gasteiger partial charge >= 0.3 is 0 Å². The normalized spacial score (nSPS) is 19.6. The summed E-state index contributed by atoms with van der Waals surface area (Å²) in [5.74, 6) is 2.14. The first-order valence-electron chi connectivity index (χ1n) is 10.9. The minimum absolute atomic E-state index is 0.00998. The molecular formula is C25H27N5O3. The van der Waals surface area contributed by atoms with E-state index >= 15 is 0 Å². The average Bonchev–Trinajstić information content (AvgIpc) is 3.18. The van der Waals surface area contributed by atoms with Gasteiger partial charge in [0.05, 0.1) is 14.2 Å². The Labute approximate surface area is 192 Å². The molecular weight excluding hydrogens is 418 g/mol. The summed E-state index contributed by atoms with van der Waals surface area (Å²) in [6.45, 7) is 4.15. The van der Waals surface area contributed by atoms with E-state index in [-0.39, 0.29) is 23.7 Å². The van der Waals surface area contributed by atoms with E-state index in [1.807, 2.05) is 18.2 Å². The molecule has 3 aromatic rings. The van der Waals surface area contributed by atoms with E-state index < -0.39 is 0 Å². The lowest BCUT2D eigenvalue weighted by atomic mass is 9.77. The molecule has 3 N–H and O–H groups in total. The minimum atomic E-state index is -0.362. The van der Waals surface area contributed by atoms with Crippen LogP contribution in [0.1, 0.15) is 47.1 Å². The number of Topliss-reactive ketones (excluding diaryl/α,β-unsaturated/α-hetero) is 1. The summed E-state index contributed by atoms with van der Waals surface area (Å²) < 4.78 is 12.6. The summed E-state index contributed by atoms with van der Waals surface area (Å²) in [5, 5.41) is 7.75. The predicted octanol–water partition coefficient (Wildman–Crippen LogP) is 3.91. The molecule has 2 aliphatic rings. The average molecular weight is 446 g/mol. The zero-order valence-corrected chi connectivity index (χ0v) is 19.2. The Bertz CT molecular complexity index is 1290. The number of ketones is 1. The summed E-state index contributed by atoms with van der Waals surface area (Å²) in [5.41, 5.74) is 11.9. The molecule has 5 rings (SSSR count). The molecule has 1 aromatic heterocycles. The Morgan fingerprint density at radius 3 is 2.48 bits per heavy atom. The Morgan fingerprint density at radius 1 is 1.00 bits per heavy atom. The van der Waals surface area contributed by atoms with Crippen molar-refractivity contribution < 1.29 is 14.3 Å². The van der Waals surface area contributed by atoms with Crippen LogP contribution in [0, 0.1) is 13.8 Å². The maximum Gasteiger partial charge on any atom is 0.241 e. The third kappa shape index (κ3) is 3.51. The van der Waals surface area contributed by atoms with Gasteiger partial charge in [0.1, 0.15) is 6.04 Å². The number of anilines is 2. The summed E-state index contributed by atoms with van der Waals surface area (Å²) >= 11 is 0. The second kappa shape index (κ2) is 7.95. The van der Waals surface area contributed by atoms with Crippen LogP contribution in [0.25, 0.3) is 0 Å². The van der Waals surface area contributed by atoms with Crippen molar-refractivity contribution >= 4 is 17.7 Å². The van der Waals surface area contributed by atoms with Gasteiger partial charge in [-0.2, -0.15) is 4.98 Å². The van der Waals surface area contributed by atoms with Crippen LogP contribution >= 0.6 is 0 Å². The highest BCUT2D eigenvalue weighted by Gasteiger charge is 2.39. The van der Waals surface area contributed by atoms with E-state index in [4.69, 9.17) is 15.2 Å². The number of fused-ring (bicyclic) bond motifs is 1. The number of aromatic nitrogens is 3. The smallest absolute Gasteiger partial charge is 0.241 e. The first-order chi connectivity index (χ1) is 15.9. The van der Waals surface area contributed by atoms with Gasteiger partial charge < -0.3 is 20.5 Å². The van der Waals surface area contributed by atoms with Gasteiger partial charge in [-0.25, -0.2) is 4.68 Å². The summed E-state index contributed by atoms with van der Waals surface area (Å²) in [4.78, 5) is 18.0. The van der Waals surface area contributed by atoms with Crippen molar-refractivity contribution in [3.8, 4) is 11.5 Å². The van der Waals surface area contributed by atoms with Crippen LogP contribution in [0.4, 0.5) is 11.9 Å². The largest absolute Gasteiger partial charge is 0.493 e. The summed E-state index contributed by atoms with van der Waals surface area (Å²) in [6, 6.07) is 11.7. The van der Waals surface area contributed by atoms with E-state index in [9.17, 15) is 4.79 Å². The second-order valence-corrected chi connectivity index (χ2v) is 8.64. The van der Waals surface area contributed by atoms with Crippen molar-refractivity contribution in [1.29, 1.82) is 0 Å². The Hall–Kier alpha value is -3.81. The highest BCUT2D eigenvalue weighted by atomic mass is 16.5. The van der Waals surface area contributed by atoms with Gasteiger partial charge in [0.15, 0.2) is 17.3 Å². The number of aryl methyl sites for hydroxylation is 2. The molecule has 0 saturated heterocycles. The zero-order chi connectivity index (χ0) is 23.3. The van der Waals surface area contributed by atoms with Gasteiger partial charge in [-0.1, -0.05) is 24.3 Å². The number of benzene rings is 2. The lowest BCUT2D eigenvalue weighted by molar-refractivity contribution is -0.116. The molecule has 170 valence electrons. The van der Waals surface area contributed by atoms with Crippen LogP contribution < -0.4 is 20.5 Å². The molecule has 0 unspecified atom stereocenters. The quantitative estimate of drug-likeness (QED) is 0.627. The number of methoxy groups -OCH3 is 2. The monoisotopic (exact) mass is 445 g/mol. The van der Waals surface area contributed by atoms with Crippen molar-refractivity contribution in [2.24, 2.45) is 0 Å². The van der Waals surface area contributed by atoms with Crippen LogP contribution in [-0.4, -0.2) is 34.8 Å². The van der Waals surface area contributed by atoms with E-state index in [0.717, 1.165) is 28.0 Å². The van der Waals surface area contributed by atoms with Crippen molar-refractivity contribution in [3.05, 3.63) is 69.9 Å². The third-order valence-electron chi connectivity index (χ3n) is 6.66. The molecule has 2 aromatic carbocycles. The molecule has 0 fully saturated rings. The van der Waals surface area contributed by atoms with E-state index in [0.29, 0.717) is 30.3 Å². The molecule has 0 spiro atoms. The minimum Gasteiger partial charge on any atom is -0.493 e. The molecule has 1 aliphatic carbocycles. The number of nitrogen functional groups attached to an aromatic ring is 1. The van der Waals surface area contributed by atoms with Crippen LogP contribution in [-0.2, 0) is 4.79 Å². The molecule has 33 heavy (non-hydrogen) atoms. The molecule has 0 bridgehead atoms. The maximum atomic E-state index is 13.6. The number of hydrogen-bond acceptors (Lipinski definition) is 7. The molecule has 2 atom stereocenters. The van der Waals surface area contributed by atoms with Gasteiger partial charge in [-0.3, -0.25) is 4.79 Å². The van der Waals surface area contributed by atoms with Crippen LogP contribution in [0.3, 0.4) is 0 Å². The lowest BCUT2D eigenvalue weighted by Gasteiger charge is -2.35. The number of ether oxygens (including phenoxy) is 2. The SMILES string of the molecule is COc1ccc([C@H]2CC(=O)C3=C(C2)Nc2nc(N)nn2[C@@H]3c2ccc(C)c(C)c2)cc1OC. The van der Waals surface area contributed by atoms with Gasteiger partial charge in [-0.15, -0.1) is 5.10 Å². The van der Waals surface area contributed by atoms with Gasteiger partial charge in [0.2, 0.25) is 11.9 Å². The third-order valence-corrected chi connectivity index (χ3v) is 6.66. The van der Waals surface area contributed by atoms with Crippen molar-refractivity contribution in [2.45, 2.75) is 38.6 Å². The highest BCUT2D eigenvalue weighted by Crippen LogP contribution is 2.45. The first-order valence-corrected chi connectivity index (χ1v) is 10.9. The van der Waals surface area contributed by atoms with E-state index in [1.54, 1.807) is 18.9 Å². The molecule has 2 heterocycles. The molecule has 8 heteroatoms. The van der Waals surface area contributed by atoms with E-state index in [1.165, 1.54) is 5.56 Å². The number of nitrogens with two attached hydrogens (primary N) is 1. The van der Waals surface area contributed by atoms with Crippen LogP contribution in [0.2, 0.25) is 0 Å². The topological polar surface area (TPSA) is 104 Å². The fourth-order valence-corrected chi connectivity index (χ4v) is 4.81. The standard InChI is InChI=1S/C25H27N5O3/c1-13-5-6-16(9-14(13)2)23-22-18(27-25-28-24(26)29-30(23)25)10-17(11-19(22)31)15-7-8-20(32-3)21(12-15)33-4/h5-9,12,17,23H,10-11H2,1-4H3,(H3,26,27,28,29)/t17-,23-/m1/s1. The fraction of sp³-hybridized carbons (Fsp3) is 0.320. The summed E-state index contributed by atoms with van der Waals surface area (Å²) in [6.07, 6.45) is 1.07. The Balaban J connectivity index is 1.58. The van der Waals surface area contributed by atoms with Crippen LogP contribution in [0.5, 0.6) is 11.5 Å².